The van der Waals surface area contributed by atoms with Gasteiger partial charge in [0.1, 0.15) is 0 Å². The molecule has 1 aromatic rings. The Morgan fingerprint density at radius 3 is 2.72 bits per heavy atom. The number of hydrogen-bond acceptors (Lipinski definition) is 2. The summed E-state index contributed by atoms with van der Waals surface area (Å²) in [7, 11) is 0. The van der Waals surface area contributed by atoms with Crippen molar-refractivity contribution in [3.63, 3.8) is 0 Å². The average molecular weight is 247 g/mol. The molecule has 1 amide bonds. The predicted molar refractivity (Wildman–Crippen MR) is 71.6 cm³/mol. The van der Waals surface area contributed by atoms with E-state index in [2.05, 4.69) is 5.32 Å². The van der Waals surface area contributed by atoms with Crippen LogP contribution in [0.5, 0.6) is 0 Å². The van der Waals surface area contributed by atoms with E-state index >= 15 is 0 Å². The van der Waals surface area contributed by atoms with E-state index in [1.165, 1.54) is 5.56 Å². The van der Waals surface area contributed by atoms with Gasteiger partial charge in [-0.1, -0.05) is 12.5 Å². The Bertz CT molecular complexity index is 442. The zero-order chi connectivity index (χ0) is 13.1. The topological polar surface area (TPSA) is 49.3 Å². The highest BCUT2D eigenvalue weighted by Gasteiger charge is 2.25. The lowest BCUT2D eigenvalue weighted by Crippen LogP contribution is -2.32. The third-order valence-electron chi connectivity index (χ3n) is 3.91. The van der Waals surface area contributed by atoms with Gasteiger partial charge in [0.2, 0.25) is 0 Å². The number of rotatable bonds is 3. The normalized spacial score (nSPS) is 23.1. The largest absolute Gasteiger partial charge is 0.393 e. The van der Waals surface area contributed by atoms with Crippen molar-refractivity contribution in [1.29, 1.82) is 0 Å². The summed E-state index contributed by atoms with van der Waals surface area (Å²) in [6, 6.07) is 5.73. The highest BCUT2D eigenvalue weighted by molar-refractivity contribution is 5.94. The molecular formula is C15H21NO2. The summed E-state index contributed by atoms with van der Waals surface area (Å²) in [5, 5.41) is 12.6. The number of carbonyl (C=O) groups excluding carboxylic acids is 1. The van der Waals surface area contributed by atoms with Crippen LogP contribution in [0, 0.1) is 19.8 Å². The predicted octanol–water partition coefficient (Wildman–Crippen LogP) is 2.19. The monoisotopic (exact) mass is 247 g/mol. The second kappa shape index (κ2) is 5.53. The lowest BCUT2D eigenvalue weighted by atomic mass is 10.0. The van der Waals surface area contributed by atoms with Gasteiger partial charge in [-0.25, -0.2) is 0 Å². The first kappa shape index (κ1) is 13.1. The quantitative estimate of drug-likeness (QED) is 0.860. The Balaban J connectivity index is 1.93. The SMILES string of the molecule is Cc1ccc(C(=O)NCC2CCCC2O)cc1C. The summed E-state index contributed by atoms with van der Waals surface area (Å²) in [5.41, 5.74) is 3.02. The fourth-order valence-electron chi connectivity index (χ4n) is 2.46. The summed E-state index contributed by atoms with van der Waals surface area (Å²) in [6.07, 6.45) is 2.69. The fourth-order valence-corrected chi connectivity index (χ4v) is 2.46. The molecule has 1 aliphatic rings. The number of aryl methyl sites for hydroxylation is 2. The van der Waals surface area contributed by atoms with Crippen LogP contribution >= 0.6 is 0 Å². The Kier molecular flexibility index (Phi) is 4.02. The number of aliphatic hydroxyl groups is 1. The van der Waals surface area contributed by atoms with Crippen molar-refractivity contribution >= 4 is 5.91 Å². The van der Waals surface area contributed by atoms with Crippen LogP contribution in [-0.4, -0.2) is 23.7 Å². The van der Waals surface area contributed by atoms with E-state index in [4.69, 9.17) is 0 Å². The van der Waals surface area contributed by atoms with Gasteiger partial charge in [-0.05, 0) is 49.9 Å². The molecule has 1 aliphatic carbocycles. The minimum absolute atomic E-state index is 0.0443. The van der Waals surface area contributed by atoms with Gasteiger partial charge in [0.05, 0.1) is 6.10 Å². The summed E-state index contributed by atoms with van der Waals surface area (Å²) < 4.78 is 0. The van der Waals surface area contributed by atoms with Gasteiger partial charge in [0.25, 0.3) is 5.91 Å². The van der Waals surface area contributed by atoms with Gasteiger partial charge < -0.3 is 10.4 Å². The molecule has 2 rings (SSSR count). The lowest BCUT2D eigenvalue weighted by Gasteiger charge is -2.15. The molecule has 2 N–H and O–H groups in total. The van der Waals surface area contributed by atoms with Gasteiger partial charge in [-0.15, -0.1) is 0 Å². The van der Waals surface area contributed by atoms with Crippen molar-refractivity contribution in [2.45, 2.75) is 39.2 Å². The average Bonchev–Trinajstić information content (AvgIpc) is 2.75. The van der Waals surface area contributed by atoms with Crippen molar-refractivity contribution < 1.29 is 9.90 Å². The van der Waals surface area contributed by atoms with E-state index in [0.29, 0.717) is 12.1 Å². The highest BCUT2D eigenvalue weighted by Crippen LogP contribution is 2.24. The van der Waals surface area contributed by atoms with Crippen LogP contribution in [-0.2, 0) is 0 Å². The van der Waals surface area contributed by atoms with Gasteiger partial charge in [-0.2, -0.15) is 0 Å². The number of amides is 1. The van der Waals surface area contributed by atoms with Crippen LogP contribution in [0.4, 0.5) is 0 Å². The van der Waals surface area contributed by atoms with Crippen LogP contribution in [0.1, 0.15) is 40.7 Å². The minimum Gasteiger partial charge on any atom is -0.393 e. The molecule has 0 aliphatic heterocycles. The smallest absolute Gasteiger partial charge is 0.251 e. The highest BCUT2D eigenvalue weighted by atomic mass is 16.3. The van der Waals surface area contributed by atoms with Crippen LogP contribution in [0.15, 0.2) is 18.2 Å². The van der Waals surface area contributed by atoms with Gasteiger partial charge in [-0.3, -0.25) is 4.79 Å². The molecular weight excluding hydrogens is 226 g/mol. The van der Waals surface area contributed by atoms with Crippen LogP contribution in [0.2, 0.25) is 0 Å². The summed E-state index contributed by atoms with van der Waals surface area (Å²) in [4.78, 5) is 12.0. The van der Waals surface area contributed by atoms with E-state index < -0.39 is 0 Å². The molecule has 18 heavy (non-hydrogen) atoms. The van der Waals surface area contributed by atoms with Crippen molar-refractivity contribution in [3.8, 4) is 0 Å². The summed E-state index contributed by atoms with van der Waals surface area (Å²) >= 11 is 0. The van der Waals surface area contributed by atoms with Crippen LogP contribution in [0.3, 0.4) is 0 Å². The molecule has 0 radical (unpaired) electrons. The number of benzene rings is 1. The number of carbonyl (C=O) groups is 1. The zero-order valence-electron chi connectivity index (χ0n) is 11.1. The Morgan fingerprint density at radius 1 is 1.33 bits per heavy atom. The van der Waals surface area contributed by atoms with Crippen LogP contribution in [0.25, 0.3) is 0 Å². The molecule has 0 spiro atoms. The minimum atomic E-state index is -0.245. The first-order valence-electron chi connectivity index (χ1n) is 6.61. The van der Waals surface area contributed by atoms with Gasteiger partial charge in [0.15, 0.2) is 0 Å². The van der Waals surface area contributed by atoms with Crippen molar-refractivity contribution in [3.05, 3.63) is 34.9 Å². The lowest BCUT2D eigenvalue weighted by molar-refractivity contribution is 0.0916. The van der Waals surface area contributed by atoms with E-state index in [1.54, 1.807) is 0 Å². The molecule has 3 nitrogen and oxygen atoms in total. The molecule has 0 saturated heterocycles. The maximum absolute atomic E-state index is 12.0. The van der Waals surface area contributed by atoms with Crippen molar-refractivity contribution in [2.24, 2.45) is 5.92 Å². The van der Waals surface area contributed by atoms with E-state index in [1.807, 2.05) is 32.0 Å². The number of hydrogen-bond donors (Lipinski definition) is 2. The third kappa shape index (κ3) is 2.91. The van der Waals surface area contributed by atoms with Crippen molar-refractivity contribution in [1.82, 2.24) is 5.32 Å². The van der Waals surface area contributed by atoms with E-state index in [-0.39, 0.29) is 17.9 Å². The maximum atomic E-state index is 12.0. The second-order valence-electron chi connectivity index (χ2n) is 5.27. The zero-order valence-corrected chi connectivity index (χ0v) is 11.1. The molecule has 0 heterocycles. The maximum Gasteiger partial charge on any atom is 0.251 e. The molecule has 98 valence electrons. The number of nitrogens with one attached hydrogen (secondary N) is 1. The summed E-state index contributed by atoms with van der Waals surface area (Å²) in [6.45, 7) is 4.62. The Morgan fingerprint density at radius 2 is 2.11 bits per heavy atom. The molecule has 3 heteroatoms. The molecule has 0 aromatic heterocycles. The molecule has 1 saturated carbocycles. The first-order valence-corrected chi connectivity index (χ1v) is 6.61. The molecule has 1 fully saturated rings. The van der Waals surface area contributed by atoms with E-state index in [9.17, 15) is 9.90 Å². The Labute approximate surface area is 108 Å². The second-order valence-corrected chi connectivity index (χ2v) is 5.27. The fraction of sp³-hybridized carbons (Fsp3) is 0.533. The molecule has 0 bridgehead atoms. The molecule has 1 aromatic carbocycles. The molecule has 2 unspecified atom stereocenters. The Hall–Kier alpha value is -1.35. The van der Waals surface area contributed by atoms with Crippen molar-refractivity contribution in [2.75, 3.05) is 6.54 Å². The molecule has 2 atom stereocenters. The van der Waals surface area contributed by atoms with E-state index in [0.717, 1.165) is 24.8 Å². The standard InChI is InChI=1S/C15H21NO2/c1-10-6-7-12(8-11(10)2)15(18)16-9-13-4-3-5-14(13)17/h6-8,13-14,17H,3-5,9H2,1-2H3,(H,16,18). The third-order valence-corrected chi connectivity index (χ3v) is 3.91. The summed E-state index contributed by atoms with van der Waals surface area (Å²) in [5.74, 6) is 0.178. The number of aliphatic hydroxyl groups excluding tert-OH is 1. The van der Waals surface area contributed by atoms with Gasteiger partial charge >= 0.3 is 0 Å². The van der Waals surface area contributed by atoms with Gasteiger partial charge in [0, 0.05) is 18.0 Å². The van der Waals surface area contributed by atoms with Crippen LogP contribution < -0.4 is 5.32 Å². The first-order chi connectivity index (χ1) is 8.58.